The van der Waals surface area contributed by atoms with Crippen LogP contribution in [-0.4, -0.2) is 44.4 Å². The van der Waals surface area contributed by atoms with Gasteiger partial charge in [0, 0.05) is 20.6 Å². The number of hydrogen-bond acceptors (Lipinski definition) is 4. The molecule has 0 aromatic rings. The lowest BCUT2D eigenvalue weighted by Gasteiger charge is -2.31. The van der Waals surface area contributed by atoms with E-state index in [1.54, 1.807) is 14.2 Å². The fraction of sp³-hybridized carbons (Fsp3) is 1.00. The Hall–Kier alpha value is -0.160. The second-order valence-corrected chi connectivity index (χ2v) is 2.60. The predicted molar refractivity (Wildman–Crippen MR) is 38.2 cm³/mol. The van der Waals surface area contributed by atoms with Gasteiger partial charge in [-0.1, -0.05) is 0 Å². The Bertz CT molecular complexity index is 117. The molecule has 1 N–H and O–H groups in total. The molecule has 1 aliphatic heterocycles. The lowest BCUT2D eigenvalue weighted by Crippen LogP contribution is -2.43. The Morgan fingerprint density at radius 2 is 2.09 bits per heavy atom. The number of aliphatic hydroxyl groups excluding tert-OH is 1. The van der Waals surface area contributed by atoms with Gasteiger partial charge in [-0.3, -0.25) is 0 Å². The van der Waals surface area contributed by atoms with Crippen LogP contribution in [0.1, 0.15) is 6.42 Å². The van der Waals surface area contributed by atoms with Crippen LogP contribution in [0.4, 0.5) is 0 Å². The molecule has 0 aromatic carbocycles. The number of methoxy groups -OCH3 is 2. The van der Waals surface area contributed by atoms with Gasteiger partial charge in [0.1, 0.15) is 6.10 Å². The molecule has 66 valence electrons. The van der Waals surface area contributed by atoms with Gasteiger partial charge in [-0.05, 0) is 0 Å². The predicted octanol–water partition coefficient (Wildman–Crippen LogP) is -0.245. The maximum absolute atomic E-state index is 9.16. The summed E-state index contributed by atoms with van der Waals surface area (Å²) in [4.78, 5) is 0. The molecule has 1 aliphatic rings. The van der Waals surface area contributed by atoms with Gasteiger partial charge in [0.25, 0.3) is 0 Å². The van der Waals surface area contributed by atoms with Crippen molar-refractivity contribution in [3.05, 3.63) is 0 Å². The zero-order valence-corrected chi connectivity index (χ0v) is 6.82. The summed E-state index contributed by atoms with van der Waals surface area (Å²) in [6.45, 7) is 0.332. The second kappa shape index (κ2) is 4.01. The largest absolute Gasteiger partial charge is 0.391 e. The van der Waals surface area contributed by atoms with E-state index in [4.69, 9.17) is 19.3 Å². The van der Waals surface area contributed by atoms with Crippen molar-refractivity contribution in [3.63, 3.8) is 0 Å². The van der Waals surface area contributed by atoms with Gasteiger partial charge in [-0.2, -0.15) is 0 Å². The molecule has 0 amide bonds. The van der Waals surface area contributed by atoms with E-state index in [-0.39, 0.29) is 12.4 Å². The monoisotopic (exact) mass is 162 g/mol. The molecule has 0 bridgehead atoms. The van der Waals surface area contributed by atoms with Crippen molar-refractivity contribution in [2.45, 2.75) is 24.9 Å². The Morgan fingerprint density at radius 1 is 1.36 bits per heavy atom. The zero-order valence-electron chi connectivity index (χ0n) is 6.82. The molecule has 0 unspecified atom stereocenters. The molecule has 0 aromatic heterocycles. The van der Waals surface area contributed by atoms with Gasteiger partial charge >= 0.3 is 0 Å². The van der Waals surface area contributed by atoms with Gasteiger partial charge in [-0.15, -0.1) is 0 Å². The third kappa shape index (κ3) is 2.13. The van der Waals surface area contributed by atoms with Gasteiger partial charge in [0.15, 0.2) is 6.29 Å². The summed E-state index contributed by atoms with van der Waals surface area (Å²) < 4.78 is 15.2. The molecule has 1 saturated heterocycles. The van der Waals surface area contributed by atoms with E-state index >= 15 is 0 Å². The maximum Gasteiger partial charge on any atom is 0.183 e. The topological polar surface area (TPSA) is 47.9 Å². The van der Waals surface area contributed by atoms with Crippen LogP contribution in [0.15, 0.2) is 0 Å². The summed E-state index contributed by atoms with van der Waals surface area (Å²) in [5.41, 5.74) is 0. The van der Waals surface area contributed by atoms with Crippen LogP contribution in [0.3, 0.4) is 0 Å². The van der Waals surface area contributed by atoms with Crippen LogP contribution < -0.4 is 0 Å². The smallest absolute Gasteiger partial charge is 0.183 e. The summed E-state index contributed by atoms with van der Waals surface area (Å²) in [5.74, 6) is 0. The first-order valence-corrected chi connectivity index (χ1v) is 3.63. The van der Waals surface area contributed by atoms with E-state index in [0.29, 0.717) is 13.0 Å². The lowest BCUT2D eigenvalue weighted by atomic mass is 10.1. The Balaban J connectivity index is 2.41. The lowest BCUT2D eigenvalue weighted by molar-refractivity contribution is -0.231. The first-order valence-electron chi connectivity index (χ1n) is 3.63. The highest BCUT2D eigenvalue weighted by Gasteiger charge is 2.30. The third-order valence-electron chi connectivity index (χ3n) is 1.80. The maximum atomic E-state index is 9.16. The molecule has 0 radical (unpaired) electrons. The molecular formula is C7H14O4. The molecule has 0 spiro atoms. The number of rotatable bonds is 2. The molecule has 4 nitrogen and oxygen atoms in total. The van der Waals surface area contributed by atoms with Crippen LogP contribution in [0.5, 0.6) is 0 Å². The van der Waals surface area contributed by atoms with Gasteiger partial charge in [0.2, 0.25) is 0 Å². The summed E-state index contributed by atoms with van der Waals surface area (Å²) in [5, 5.41) is 9.16. The third-order valence-corrected chi connectivity index (χ3v) is 1.80. The fourth-order valence-corrected chi connectivity index (χ4v) is 1.19. The van der Waals surface area contributed by atoms with E-state index in [9.17, 15) is 0 Å². The standard InChI is InChI=1S/C7H14O4/c1-9-6-3-5(8)4-11-7(6)10-2/h5-8H,3-4H2,1-2H3/t5-,6-,7+/m1/s1. The van der Waals surface area contributed by atoms with Crippen LogP contribution in [0, 0.1) is 0 Å². The van der Waals surface area contributed by atoms with Gasteiger partial charge in [0.05, 0.1) is 12.7 Å². The molecule has 3 atom stereocenters. The Labute approximate surface area is 66.1 Å². The van der Waals surface area contributed by atoms with Crippen molar-refractivity contribution in [1.82, 2.24) is 0 Å². The average Bonchev–Trinajstić information content (AvgIpc) is 2.04. The highest BCUT2D eigenvalue weighted by Crippen LogP contribution is 2.17. The molecule has 4 heteroatoms. The first-order chi connectivity index (χ1) is 5.27. The minimum atomic E-state index is -0.425. The molecule has 11 heavy (non-hydrogen) atoms. The molecule has 0 aliphatic carbocycles. The van der Waals surface area contributed by atoms with Crippen molar-refractivity contribution >= 4 is 0 Å². The number of aliphatic hydroxyl groups is 1. The SMILES string of the molecule is CO[C@H]1OC[C@H](O)C[C@H]1OC. The number of ether oxygens (including phenoxy) is 3. The molecule has 1 rings (SSSR count). The van der Waals surface area contributed by atoms with Gasteiger partial charge in [-0.25, -0.2) is 0 Å². The Morgan fingerprint density at radius 3 is 2.64 bits per heavy atom. The highest BCUT2D eigenvalue weighted by molar-refractivity contribution is 4.73. The second-order valence-electron chi connectivity index (χ2n) is 2.60. The van der Waals surface area contributed by atoms with E-state index in [0.717, 1.165) is 0 Å². The summed E-state index contributed by atoms with van der Waals surface area (Å²) >= 11 is 0. The van der Waals surface area contributed by atoms with Crippen molar-refractivity contribution < 1.29 is 19.3 Å². The van der Waals surface area contributed by atoms with E-state index in [1.807, 2.05) is 0 Å². The molecule has 0 saturated carbocycles. The van der Waals surface area contributed by atoms with Crippen LogP contribution in [0.25, 0.3) is 0 Å². The minimum Gasteiger partial charge on any atom is -0.391 e. The van der Waals surface area contributed by atoms with Gasteiger partial charge < -0.3 is 19.3 Å². The van der Waals surface area contributed by atoms with Crippen molar-refractivity contribution in [2.75, 3.05) is 20.8 Å². The van der Waals surface area contributed by atoms with Crippen molar-refractivity contribution in [2.24, 2.45) is 0 Å². The average molecular weight is 162 g/mol. The van der Waals surface area contributed by atoms with Crippen molar-refractivity contribution in [1.29, 1.82) is 0 Å². The quantitative estimate of drug-likeness (QED) is 0.608. The molecule has 1 heterocycles. The summed E-state index contributed by atoms with van der Waals surface area (Å²) in [6, 6.07) is 0. The number of hydrogen-bond donors (Lipinski definition) is 1. The summed E-state index contributed by atoms with van der Waals surface area (Å²) in [7, 11) is 3.15. The normalized spacial score (nSPS) is 39.0. The Kier molecular flexibility index (Phi) is 3.26. The van der Waals surface area contributed by atoms with Crippen LogP contribution in [-0.2, 0) is 14.2 Å². The van der Waals surface area contributed by atoms with Crippen LogP contribution in [0.2, 0.25) is 0 Å². The van der Waals surface area contributed by atoms with E-state index in [1.165, 1.54) is 0 Å². The van der Waals surface area contributed by atoms with E-state index < -0.39 is 6.10 Å². The fourth-order valence-electron chi connectivity index (χ4n) is 1.19. The van der Waals surface area contributed by atoms with Crippen LogP contribution >= 0.6 is 0 Å². The zero-order chi connectivity index (χ0) is 8.27. The minimum absolute atomic E-state index is 0.149. The highest BCUT2D eigenvalue weighted by atomic mass is 16.7. The summed E-state index contributed by atoms with van der Waals surface area (Å²) in [6.07, 6.45) is -0.326. The van der Waals surface area contributed by atoms with E-state index in [2.05, 4.69) is 0 Å². The first kappa shape index (κ1) is 8.93. The molecular weight excluding hydrogens is 148 g/mol. The van der Waals surface area contributed by atoms with Crippen molar-refractivity contribution in [3.8, 4) is 0 Å². The molecule has 1 fully saturated rings.